The summed E-state index contributed by atoms with van der Waals surface area (Å²) in [5.74, 6) is 0.313. The summed E-state index contributed by atoms with van der Waals surface area (Å²) in [7, 11) is 0. The second kappa shape index (κ2) is 7.41. The average Bonchev–Trinajstić information content (AvgIpc) is 3.28. The van der Waals surface area contributed by atoms with Crippen molar-refractivity contribution in [1.82, 2.24) is 19.3 Å². The summed E-state index contributed by atoms with van der Waals surface area (Å²) in [6, 6.07) is 9.53. The number of aromatic nitrogens is 3. The van der Waals surface area contributed by atoms with Crippen molar-refractivity contribution >= 4 is 22.7 Å². The number of oxazole rings is 1. The number of pyridine rings is 1. The molecule has 0 unspecified atom stereocenters. The van der Waals surface area contributed by atoms with Gasteiger partial charge in [0.25, 0.3) is 5.91 Å². The van der Waals surface area contributed by atoms with Gasteiger partial charge in [-0.2, -0.15) is 0 Å². The summed E-state index contributed by atoms with van der Waals surface area (Å²) in [5.41, 5.74) is 4.35. The van der Waals surface area contributed by atoms with Crippen molar-refractivity contribution in [3.8, 4) is 11.1 Å². The summed E-state index contributed by atoms with van der Waals surface area (Å²) in [4.78, 5) is 22.9. The van der Waals surface area contributed by atoms with Gasteiger partial charge in [-0.25, -0.2) is 9.97 Å². The zero-order valence-corrected chi connectivity index (χ0v) is 15.4. The van der Waals surface area contributed by atoms with Gasteiger partial charge in [0.1, 0.15) is 16.9 Å². The van der Waals surface area contributed by atoms with Crippen molar-refractivity contribution in [2.75, 3.05) is 26.3 Å². The van der Waals surface area contributed by atoms with Gasteiger partial charge in [-0.1, -0.05) is 6.07 Å². The molecular formula is C20H20N4O4. The van der Waals surface area contributed by atoms with Crippen molar-refractivity contribution in [3.63, 3.8) is 0 Å². The van der Waals surface area contributed by atoms with E-state index in [1.807, 2.05) is 36.5 Å². The van der Waals surface area contributed by atoms with Crippen LogP contribution in [0.1, 0.15) is 16.4 Å². The van der Waals surface area contributed by atoms with Gasteiger partial charge in [-0.05, 0) is 35.4 Å². The highest BCUT2D eigenvalue weighted by atomic mass is 16.3. The van der Waals surface area contributed by atoms with Crippen LogP contribution >= 0.6 is 0 Å². The second-order valence-corrected chi connectivity index (χ2v) is 6.44. The van der Waals surface area contributed by atoms with Gasteiger partial charge in [0.2, 0.25) is 0 Å². The minimum atomic E-state index is -0.296. The maximum atomic E-state index is 12.8. The van der Waals surface area contributed by atoms with Crippen LogP contribution in [0.3, 0.4) is 0 Å². The zero-order valence-electron chi connectivity index (χ0n) is 15.4. The van der Waals surface area contributed by atoms with Gasteiger partial charge >= 0.3 is 0 Å². The van der Waals surface area contributed by atoms with Crippen LogP contribution in [0.25, 0.3) is 27.9 Å². The number of aryl methyl sites for hydroxylation is 1. The van der Waals surface area contributed by atoms with Crippen molar-refractivity contribution in [3.05, 3.63) is 54.3 Å². The smallest absolute Gasteiger partial charge is 0.272 e. The van der Waals surface area contributed by atoms with Crippen LogP contribution < -0.4 is 0 Å². The van der Waals surface area contributed by atoms with Crippen molar-refractivity contribution < 1.29 is 19.4 Å². The Morgan fingerprint density at radius 3 is 2.64 bits per heavy atom. The topological polar surface area (TPSA) is 104 Å². The second-order valence-electron chi connectivity index (χ2n) is 6.44. The largest absolute Gasteiger partial charge is 0.441 e. The number of amides is 1. The number of carbonyl (C=O) groups excluding carboxylic acids is 1. The molecule has 8 heteroatoms. The number of imidazole rings is 1. The van der Waals surface area contributed by atoms with Crippen LogP contribution in [0, 0.1) is 6.92 Å². The van der Waals surface area contributed by atoms with Crippen molar-refractivity contribution in [2.24, 2.45) is 0 Å². The van der Waals surface area contributed by atoms with E-state index in [9.17, 15) is 15.0 Å². The maximum absolute atomic E-state index is 12.8. The number of fused-ring (bicyclic) bond motifs is 2. The first-order valence-corrected chi connectivity index (χ1v) is 8.96. The molecule has 2 N–H and O–H groups in total. The molecule has 144 valence electrons. The van der Waals surface area contributed by atoms with E-state index in [1.165, 1.54) is 11.1 Å². The van der Waals surface area contributed by atoms with Crippen LogP contribution in [0.5, 0.6) is 0 Å². The predicted molar refractivity (Wildman–Crippen MR) is 103 cm³/mol. The Bertz CT molecular complexity index is 1140. The van der Waals surface area contributed by atoms with E-state index in [2.05, 4.69) is 9.97 Å². The molecule has 4 rings (SSSR count). The Morgan fingerprint density at radius 2 is 1.89 bits per heavy atom. The average molecular weight is 380 g/mol. The Morgan fingerprint density at radius 1 is 1.14 bits per heavy atom. The molecule has 0 aliphatic carbocycles. The molecular weight excluding hydrogens is 360 g/mol. The molecule has 1 amide bonds. The number of aliphatic hydroxyl groups is 2. The quantitative estimate of drug-likeness (QED) is 0.529. The lowest BCUT2D eigenvalue weighted by Gasteiger charge is -2.20. The van der Waals surface area contributed by atoms with Crippen LogP contribution in [0.15, 0.2) is 47.1 Å². The minimum absolute atomic E-state index is 0.147. The van der Waals surface area contributed by atoms with Crippen molar-refractivity contribution in [2.45, 2.75) is 6.92 Å². The first kappa shape index (κ1) is 18.1. The van der Waals surface area contributed by atoms with E-state index in [0.717, 1.165) is 22.2 Å². The predicted octanol–water partition coefficient (Wildman–Crippen LogP) is 1.88. The molecule has 0 spiro atoms. The first-order chi connectivity index (χ1) is 13.6. The molecule has 0 radical (unpaired) electrons. The van der Waals surface area contributed by atoms with Crippen LogP contribution in [-0.2, 0) is 0 Å². The van der Waals surface area contributed by atoms with Gasteiger partial charge in [-0.15, -0.1) is 0 Å². The SMILES string of the molecule is Cc1nc2cc(-c3ccc4ncc(C(=O)N(CCO)CCO)n4c3)ccc2o1. The molecule has 0 aliphatic rings. The number of carbonyl (C=O) groups is 1. The van der Waals surface area contributed by atoms with E-state index in [1.54, 1.807) is 11.3 Å². The highest BCUT2D eigenvalue weighted by Gasteiger charge is 2.19. The fourth-order valence-electron chi connectivity index (χ4n) is 3.25. The Labute approximate surface area is 160 Å². The van der Waals surface area contributed by atoms with Gasteiger partial charge in [0.15, 0.2) is 11.5 Å². The fraction of sp³-hybridized carbons (Fsp3) is 0.250. The van der Waals surface area contributed by atoms with E-state index < -0.39 is 0 Å². The Kier molecular flexibility index (Phi) is 4.81. The summed E-state index contributed by atoms with van der Waals surface area (Å²) in [5, 5.41) is 18.4. The van der Waals surface area contributed by atoms with Gasteiger partial charge in [0.05, 0.1) is 19.4 Å². The highest BCUT2D eigenvalue weighted by Crippen LogP contribution is 2.25. The number of hydrogen-bond donors (Lipinski definition) is 2. The number of nitrogens with zero attached hydrogens (tertiary/aromatic N) is 4. The molecule has 8 nitrogen and oxygen atoms in total. The normalized spacial score (nSPS) is 11.4. The minimum Gasteiger partial charge on any atom is -0.441 e. The highest BCUT2D eigenvalue weighted by molar-refractivity contribution is 5.93. The van der Waals surface area contributed by atoms with E-state index in [-0.39, 0.29) is 32.2 Å². The Balaban J connectivity index is 1.75. The van der Waals surface area contributed by atoms with Crippen molar-refractivity contribution in [1.29, 1.82) is 0 Å². The fourth-order valence-corrected chi connectivity index (χ4v) is 3.25. The molecule has 28 heavy (non-hydrogen) atoms. The maximum Gasteiger partial charge on any atom is 0.272 e. The van der Waals surface area contributed by atoms with E-state index in [4.69, 9.17) is 4.42 Å². The molecule has 3 aromatic heterocycles. The number of rotatable bonds is 6. The molecule has 0 fully saturated rings. The molecule has 1 aromatic carbocycles. The number of hydrogen-bond acceptors (Lipinski definition) is 6. The molecule has 3 heterocycles. The lowest BCUT2D eigenvalue weighted by molar-refractivity contribution is 0.0678. The van der Waals surface area contributed by atoms with Gasteiger partial charge < -0.3 is 19.5 Å². The van der Waals surface area contributed by atoms with Crippen LogP contribution in [-0.4, -0.2) is 61.7 Å². The van der Waals surface area contributed by atoms with E-state index in [0.29, 0.717) is 17.2 Å². The molecule has 0 atom stereocenters. The molecule has 0 aliphatic heterocycles. The lowest BCUT2D eigenvalue weighted by Crippen LogP contribution is -2.36. The van der Waals surface area contributed by atoms with Crippen LogP contribution in [0.4, 0.5) is 0 Å². The summed E-state index contributed by atoms with van der Waals surface area (Å²) in [6.45, 7) is 1.75. The summed E-state index contributed by atoms with van der Waals surface area (Å²) in [6.07, 6.45) is 3.35. The molecule has 0 bridgehead atoms. The van der Waals surface area contributed by atoms with E-state index >= 15 is 0 Å². The monoisotopic (exact) mass is 380 g/mol. The number of benzene rings is 1. The first-order valence-electron chi connectivity index (χ1n) is 8.96. The number of aliphatic hydroxyl groups excluding tert-OH is 2. The lowest BCUT2D eigenvalue weighted by atomic mass is 10.1. The van der Waals surface area contributed by atoms with Crippen LogP contribution in [0.2, 0.25) is 0 Å². The molecule has 4 aromatic rings. The zero-order chi connectivity index (χ0) is 19.7. The Hall–Kier alpha value is -3.23. The third kappa shape index (κ3) is 3.23. The standard InChI is InChI=1S/C20H20N4O4/c1-13-22-16-10-14(2-4-18(16)28-13)15-3-5-19-21-11-17(24(19)12-15)20(27)23(6-8-25)7-9-26/h2-5,10-12,25-26H,6-9H2,1H3. The molecule has 0 saturated heterocycles. The third-order valence-corrected chi connectivity index (χ3v) is 4.58. The summed E-state index contributed by atoms with van der Waals surface area (Å²) < 4.78 is 7.24. The molecule has 0 saturated carbocycles. The van der Waals surface area contributed by atoms with Gasteiger partial charge in [-0.3, -0.25) is 9.20 Å². The summed E-state index contributed by atoms with van der Waals surface area (Å²) >= 11 is 0. The third-order valence-electron chi connectivity index (χ3n) is 4.58. The van der Waals surface area contributed by atoms with Gasteiger partial charge in [0, 0.05) is 26.2 Å².